The van der Waals surface area contributed by atoms with E-state index < -0.39 is 23.6 Å². The third-order valence-electron chi connectivity index (χ3n) is 2.84. The molecule has 0 heterocycles. The van der Waals surface area contributed by atoms with Gasteiger partial charge in [-0.1, -0.05) is 32.3 Å². The topological polar surface area (TPSA) is 26.0 Å². The second-order valence-electron chi connectivity index (χ2n) is 4.34. The third-order valence-corrected chi connectivity index (χ3v) is 2.84. The van der Waals surface area contributed by atoms with Gasteiger partial charge in [-0.2, -0.15) is 13.2 Å². The van der Waals surface area contributed by atoms with Crippen molar-refractivity contribution in [1.29, 1.82) is 0 Å². The molecule has 19 heavy (non-hydrogen) atoms. The minimum Gasteiger partial charge on any atom is -0.324 e. The standard InChI is InChI=1S/C13H17F4N.ClH/c1-2-3-4-5-12(18)9-6-7-11(14)10(8-9)13(15,16)17;/h6-8,12H,2-5,18H2,1H3;1H/t12-;/m0./s1. The van der Waals surface area contributed by atoms with E-state index in [1.165, 1.54) is 6.07 Å². The number of halogens is 5. The molecule has 110 valence electrons. The second-order valence-corrected chi connectivity index (χ2v) is 4.34. The van der Waals surface area contributed by atoms with Crippen LogP contribution in [0.25, 0.3) is 0 Å². The molecule has 0 aliphatic heterocycles. The lowest BCUT2D eigenvalue weighted by Gasteiger charge is -2.15. The molecule has 1 rings (SSSR count). The van der Waals surface area contributed by atoms with E-state index >= 15 is 0 Å². The van der Waals surface area contributed by atoms with Gasteiger partial charge in [0.05, 0.1) is 5.56 Å². The van der Waals surface area contributed by atoms with Gasteiger partial charge in [0.25, 0.3) is 0 Å². The van der Waals surface area contributed by atoms with E-state index in [2.05, 4.69) is 0 Å². The fourth-order valence-corrected chi connectivity index (χ4v) is 1.77. The molecule has 0 bridgehead atoms. The molecule has 1 nitrogen and oxygen atoms in total. The quantitative estimate of drug-likeness (QED) is 0.610. The zero-order valence-electron chi connectivity index (χ0n) is 10.6. The summed E-state index contributed by atoms with van der Waals surface area (Å²) < 4.78 is 50.6. The summed E-state index contributed by atoms with van der Waals surface area (Å²) in [5, 5.41) is 0. The Bertz CT molecular complexity index is 393. The molecule has 0 fully saturated rings. The lowest BCUT2D eigenvalue weighted by atomic mass is 9.99. The number of unbranched alkanes of at least 4 members (excludes halogenated alkanes) is 2. The summed E-state index contributed by atoms with van der Waals surface area (Å²) in [6.07, 6.45) is -1.21. The fourth-order valence-electron chi connectivity index (χ4n) is 1.77. The van der Waals surface area contributed by atoms with Crippen molar-refractivity contribution in [1.82, 2.24) is 0 Å². The number of nitrogens with two attached hydrogens (primary N) is 1. The molecule has 0 aliphatic rings. The van der Waals surface area contributed by atoms with Crippen molar-refractivity contribution in [3.8, 4) is 0 Å². The molecular weight excluding hydrogens is 282 g/mol. The Morgan fingerprint density at radius 2 is 1.84 bits per heavy atom. The van der Waals surface area contributed by atoms with Crippen molar-refractivity contribution in [2.24, 2.45) is 5.73 Å². The van der Waals surface area contributed by atoms with Crippen LogP contribution in [0, 0.1) is 5.82 Å². The van der Waals surface area contributed by atoms with Crippen LogP contribution in [0.15, 0.2) is 18.2 Å². The molecule has 6 heteroatoms. The van der Waals surface area contributed by atoms with Gasteiger partial charge in [-0.15, -0.1) is 12.4 Å². The maximum atomic E-state index is 13.1. The van der Waals surface area contributed by atoms with Gasteiger partial charge in [0.2, 0.25) is 0 Å². The van der Waals surface area contributed by atoms with Crippen LogP contribution in [0.3, 0.4) is 0 Å². The molecule has 0 saturated carbocycles. The zero-order valence-corrected chi connectivity index (χ0v) is 11.5. The normalized spacial score (nSPS) is 12.9. The van der Waals surface area contributed by atoms with E-state index in [9.17, 15) is 17.6 Å². The monoisotopic (exact) mass is 299 g/mol. The summed E-state index contributed by atoms with van der Waals surface area (Å²) in [6.45, 7) is 2.03. The van der Waals surface area contributed by atoms with Gasteiger partial charge in [-0.05, 0) is 24.1 Å². The molecule has 0 aliphatic carbocycles. The summed E-state index contributed by atoms with van der Waals surface area (Å²) in [4.78, 5) is 0. The Labute approximate surface area is 116 Å². The molecule has 1 aromatic carbocycles. The minimum atomic E-state index is -4.68. The number of hydrogen-bond donors (Lipinski definition) is 1. The Kier molecular flexibility index (Phi) is 7.37. The Balaban J connectivity index is 0.00000324. The highest BCUT2D eigenvalue weighted by atomic mass is 35.5. The summed E-state index contributed by atoms with van der Waals surface area (Å²) in [5.74, 6) is -1.26. The van der Waals surface area contributed by atoms with Crippen molar-refractivity contribution in [3.63, 3.8) is 0 Å². The van der Waals surface area contributed by atoms with E-state index in [0.29, 0.717) is 12.0 Å². The van der Waals surface area contributed by atoms with Crippen LogP contribution in [0.2, 0.25) is 0 Å². The van der Waals surface area contributed by atoms with E-state index in [1.807, 2.05) is 6.92 Å². The summed E-state index contributed by atoms with van der Waals surface area (Å²) in [5.41, 5.74) is 4.90. The average molecular weight is 300 g/mol. The van der Waals surface area contributed by atoms with Crippen LogP contribution in [-0.2, 0) is 6.18 Å². The highest BCUT2D eigenvalue weighted by molar-refractivity contribution is 5.85. The molecular formula is C13H18ClF4N. The van der Waals surface area contributed by atoms with Gasteiger partial charge in [-0.25, -0.2) is 4.39 Å². The number of benzene rings is 1. The van der Waals surface area contributed by atoms with Crippen molar-refractivity contribution >= 4 is 12.4 Å². The molecule has 0 spiro atoms. The van der Waals surface area contributed by atoms with Gasteiger partial charge in [0.15, 0.2) is 0 Å². The molecule has 2 N–H and O–H groups in total. The third kappa shape index (κ3) is 5.37. The predicted molar refractivity (Wildman–Crippen MR) is 69.7 cm³/mol. The van der Waals surface area contributed by atoms with Crippen molar-refractivity contribution < 1.29 is 17.6 Å². The number of alkyl halides is 3. The second kappa shape index (κ2) is 7.70. The highest BCUT2D eigenvalue weighted by Gasteiger charge is 2.34. The van der Waals surface area contributed by atoms with Crippen molar-refractivity contribution in [2.45, 2.75) is 44.8 Å². The smallest absolute Gasteiger partial charge is 0.324 e. The molecule has 1 aromatic rings. The van der Waals surface area contributed by atoms with Crippen LogP contribution in [0.5, 0.6) is 0 Å². The predicted octanol–water partition coefficient (Wildman–Crippen LogP) is 4.85. The van der Waals surface area contributed by atoms with E-state index in [4.69, 9.17) is 5.73 Å². The lowest BCUT2D eigenvalue weighted by Crippen LogP contribution is -2.14. The first kappa shape index (κ1) is 18.2. The van der Waals surface area contributed by atoms with Gasteiger partial charge >= 0.3 is 6.18 Å². The number of rotatable bonds is 5. The van der Waals surface area contributed by atoms with Crippen molar-refractivity contribution in [3.05, 3.63) is 35.1 Å². The fraction of sp³-hybridized carbons (Fsp3) is 0.538. The largest absolute Gasteiger partial charge is 0.419 e. The van der Waals surface area contributed by atoms with Gasteiger partial charge < -0.3 is 5.73 Å². The summed E-state index contributed by atoms with van der Waals surface area (Å²) >= 11 is 0. The Hall–Kier alpha value is -0.810. The molecule has 0 aromatic heterocycles. The van der Waals surface area contributed by atoms with Crippen LogP contribution in [0.1, 0.15) is 49.8 Å². The SMILES string of the molecule is CCCCC[C@H](N)c1ccc(F)c(C(F)(F)F)c1.Cl. The first-order valence-corrected chi connectivity index (χ1v) is 5.98. The minimum absolute atomic E-state index is 0. The molecule has 0 amide bonds. The van der Waals surface area contributed by atoms with E-state index in [0.717, 1.165) is 31.4 Å². The molecule has 1 atom stereocenters. The maximum Gasteiger partial charge on any atom is 0.419 e. The Morgan fingerprint density at radius 1 is 1.21 bits per heavy atom. The first-order chi connectivity index (χ1) is 8.36. The van der Waals surface area contributed by atoms with Crippen LogP contribution < -0.4 is 5.73 Å². The van der Waals surface area contributed by atoms with Crippen molar-refractivity contribution in [2.75, 3.05) is 0 Å². The van der Waals surface area contributed by atoms with Crippen LogP contribution in [-0.4, -0.2) is 0 Å². The van der Waals surface area contributed by atoms with Gasteiger partial charge in [0, 0.05) is 6.04 Å². The maximum absolute atomic E-state index is 13.1. The van der Waals surface area contributed by atoms with Gasteiger partial charge in [0.1, 0.15) is 5.82 Å². The summed E-state index contributed by atoms with van der Waals surface area (Å²) in [7, 11) is 0. The van der Waals surface area contributed by atoms with Crippen LogP contribution >= 0.6 is 12.4 Å². The Morgan fingerprint density at radius 3 is 2.37 bits per heavy atom. The molecule has 0 saturated heterocycles. The molecule has 0 radical (unpaired) electrons. The lowest BCUT2D eigenvalue weighted by molar-refractivity contribution is -0.140. The van der Waals surface area contributed by atoms with E-state index in [-0.39, 0.29) is 12.4 Å². The van der Waals surface area contributed by atoms with E-state index in [1.54, 1.807) is 0 Å². The highest BCUT2D eigenvalue weighted by Crippen LogP contribution is 2.33. The number of hydrogen-bond acceptors (Lipinski definition) is 1. The first-order valence-electron chi connectivity index (χ1n) is 5.98. The van der Waals surface area contributed by atoms with Crippen LogP contribution in [0.4, 0.5) is 17.6 Å². The average Bonchev–Trinajstić information content (AvgIpc) is 2.28. The van der Waals surface area contributed by atoms with Gasteiger partial charge in [-0.3, -0.25) is 0 Å². The molecule has 0 unspecified atom stereocenters. The zero-order chi connectivity index (χ0) is 13.8. The summed E-state index contributed by atoms with van der Waals surface area (Å²) in [6, 6.07) is 2.49.